The molecule has 24 heteroatoms. The minimum Gasteiger partial charge on any atom is -0.504 e. The molecule has 0 saturated carbocycles. The number of carboxylic acids is 1. The summed E-state index contributed by atoms with van der Waals surface area (Å²) in [6, 6.07) is 18.3. The van der Waals surface area contributed by atoms with Gasteiger partial charge in [-0.1, -0.05) is 43.0 Å². The molecule has 1 heterocycles. The highest BCUT2D eigenvalue weighted by Gasteiger charge is 2.21. The van der Waals surface area contributed by atoms with Gasteiger partial charge < -0.3 is 20.8 Å². The summed E-state index contributed by atoms with van der Waals surface area (Å²) in [7, 11) is -11.8. The van der Waals surface area contributed by atoms with Crippen molar-refractivity contribution in [1.82, 2.24) is 15.0 Å². The standard InChI is InChI=1S/C33H28FN9O11S3/c1-3-55(47,48)22-12-10-21(11-13-22)35-32-37-31(34)38-33(39-32)36-26-16-23(57(52,53)54-2)17-27(28(26)44)41-43-29(20-7-5-4-6-8-20)42-40-25-15-19(18-56(49,50)51)9-14-24(25)30(45)46/h3-17,41,44H,1,18H2,2H3,(H,45,46)(H,49,50,51)(H2,35,36,37,38,39). The monoisotopic (exact) mass is 841 g/mol. The Morgan fingerprint density at radius 1 is 0.877 bits per heavy atom. The molecule has 296 valence electrons. The van der Waals surface area contributed by atoms with E-state index in [4.69, 9.17) is 0 Å². The van der Waals surface area contributed by atoms with Crippen LogP contribution in [0.15, 0.2) is 122 Å². The van der Waals surface area contributed by atoms with Crippen molar-refractivity contribution in [2.24, 2.45) is 15.3 Å². The average Bonchev–Trinajstić information content (AvgIpc) is 3.15. The van der Waals surface area contributed by atoms with E-state index < -0.39 is 75.8 Å². The van der Waals surface area contributed by atoms with Crippen molar-refractivity contribution in [1.29, 1.82) is 0 Å². The number of aromatic nitrogens is 3. The van der Waals surface area contributed by atoms with E-state index in [1.165, 1.54) is 42.5 Å². The fraction of sp³-hybridized carbons (Fsp3) is 0.0606. The lowest BCUT2D eigenvalue weighted by Crippen LogP contribution is -2.09. The molecule has 0 bridgehead atoms. The van der Waals surface area contributed by atoms with Gasteiger partial charge in [0.1, 0.15) is 17.1 Å². The van der Waals surface area contributed by atoms with Crippen LogP contribution in [-0.4, -0.2) is 73.9 Å². The SMILES string of the molecule is C=CS(=O)(=O)c1ccc(Nc2nc(F)nc(Nc3cc(S(=O)(=O)OC)cc(NN=C(N=Nc4cc(CS(=O)(=O)O)ccc4C(=O)O)c4ccccc4)c3O)n2)cc1. The van der Waals surface area contributed by atoms with E-state index in [0.717, 1.165) is 36.8 Å². The zero-order valence-electron chi connectivity index (χ0n) is 29.0. The third-order valence-corrected chi connectivity index (χ3v) is 10.6. The molecule has 0 amide bonds. The van der Waals surface area contributed by atoms with Crippen LogP contribution in [0.4, 0.5) is 39.0 Å². The zero-order valence-corrected chi connectivity index (χ0v) is 31.4. The molecule has 0 aliphatic heterocycles. The molecule has 0 aliphatic rings. The van der Waals surface area contributed by atoms with Crippen LogP contribution in [0.3, 0.4) is 0 Å². The van der Waals surface area contributed by atoms with Gasteiger partial charge in [0.2, 0.25) is 17.7 Å². The molecule has 5 aromatic rings. The Morgan fingerprint density at radius 2 is 1.53 bits per heavy atom. The van der Waals surface area contributed by atoms with Gasteiger partial charge in [0.15, 0.2) is 15.6 Å². The first-order valence-electron chi connectivity index (χ1n) is 15.6. The van der Waals surface area contributed by atoms with E-state index in [2.05, 4.69) is 57.1 Å². The molecule has 0 fully saturated rings. The molecular weight excluding hydrogens is 814 g/mol. The molecule has 0 unspecified atom stereocenters. The number of amidine groups is 1. The number of nitrogens with one attached hydrogen (secondary N) is 3. The molecule has 0 radical (unpaired) electrons. The number of carboxylic acid groups (broad SMARTS) is 1. The van der Waals surface area contributed by atoms with Gasteiger partial charge >= 0.3 is 12.0 Å². The molecular formula is C33H28FN9O11S3. The Kier molecular flexibility index (Phi) is 12.3. The van der Waals surface area contributed by atoms with Crippen molar-refractivity contribution >= 4 is 76.5 Å². The first-order valence-corrected chi connectivity index (χ1v) is 20.2. The number of benzene rings is 4. The fourth-order valence-corrected chi connectivity index (χ4v) is 6.68. The normalized spacial score (nSPS) is 12.3. The summed E-state index contributed by atoms with van der Waals surface area (Å²) >= 11 is 0. The van der Waals surface area contributed by atoms with E-state index >= 15 is 0 Å². The highest BCUT2D eigenvalue weighted by Crippen LogP contribution is 2.37. The minimum atomic E-state index is -4.49. The summed E-state index contributed by atoms with van der Waals surface area (Å²) in [5.41, 5.74) is 1.47. The topological polar surface area (TPSA) is 301 Å². The summed E-state index contributed by atoms with van der Waals surface area (Å²) in [4.78, 5) is 22.4. The number of rotatable bonds is 15. The number of halogens is 1. The number of carbonyl (C=O) groups is 1. The average molecular weight is 842 g/mol. The molecule has 6 N–H and O–H groups in total. The molecule has 4 aromatic carbocycles. The highest BCUT2D eigenvalue weighted by molar-refractivity contribution is 7.94. The Labute approximate surface area is 323 Å². The van der Waals surface area contributed by atoms with Gasteiger partial charge in [0.05, 0.1) is 28.2 Å². The number of aromatic carboxylic acids is 1. The number of sulfone groups is 1. The number of hydrogen-bond donors (Lipinski definition) is 6. The number of phenolic OH excluding ortho intramolecular Hbond substituents is 1. The zero-order chi connectivity index (χ0) is 41.5. The number of anilines is 5. The van der Waals surface area contributed by atoms with E-state index in [0.29, 0.717) is 0 Å². The van der Waals surface area contributed by atoms with Crippen molar-refractivity contribution < 1.29 is 53.4 Å². The van der Waals surface area contributed by atoms with Gasteiger partial charge in [0, 0.05) is 16.7 Å². The van der Waals surface area contributed by atoms with Crippen molar-refractivity contribution in [3.8, 4) is 5.75 Å². The van der Waals surface area contributed by atoms with Gasteiger partial charge in [0.25, 0.3) is 20.2 Å². The van der Waals surface area contributed by atoms with Crippen molar-refractivity contribution in [3.05, 3.63) is 120 Å². The highest BCUT2D eigenvalue weighted by atomic mass is 32.2. The first kappa shape index (κ1) is 41.4. The fourth-order valence-electron chi connectivity index (χ4n) is 4.65. The van der Waals surface area contributed by atoms with Crippen LogP contribution < -0.4 is 16.1 Å². The van der Waals surface area contributed by atoms with E-state index in [1.54, 1.807) is 18.2 Å². The maximum atomic E-state index is 14.6. The number of azo groups is 1. The Balaban J connectivity index is 1.52. The summed E-state index contributed by atoms with van der Waals surface area (Å²) in [6.45, 7) is 3.26. The maximum Gasteiger partial charge on any atom is 0.337 e. The van der Waals surface area contributed by atoms with Gasteiger partial charge in [-0.15, -0.1) is 10.2 Å². The number of hydrazone groups is 1. The summed E-state index contributed by atoms with van der Waals surface area (Å²) in [5.74, 6) is -4.15. The van der Waals surface area contributed by atoms with Crippen LogP contribution in [0.25, 0.3) is 0 Å². The summed E-state index contributed by atoms with van der Waals surface area (Å²) in [6.07, 6.45) is -1.31. The van der Waals surface area contributed by atoms with Crippen LogP contribution in [0, 0.1) is 6.08 Å². The molecule has 0 spiro atoms. The Hall–Kier alpha value is -6.73. The number of aromatic hydroxyl groups is 1. The van der Waals surface area contributed by atoms with E-state index in [1.807, 2.05) is 0 Å². The van der Waals surface area contributed by atoms with Crippen molar-refractivity contribution in [3.63, 3.8) is 0 Å². The van der Waals surface area contributed by atoms with Gasteiger partial charge in [-0.25, -0.2) is 13.2 Å². The molecule has 0 atom stereocenters. The predicted octanol–water partition coefficient (Wildman–Crippen LogP) is 5.10. The predicted molar refractivity (Wildman–Crippen MR) is 202 cm³/mol. The maximum absolute atomic E-state index is 14.6. The lowest BCUT2D eigenvalue weighted by Gasteiger charge is -2.14. The number of nitrogens with zero attached hydrogens (tertiary/aromatic N) is 6. The Morgan fingerprint density at radius 3 is 2.14 bits per heavy atom. The smallest absolute Gasteiger partial charge is 0.337 e. The van der Waals surface area contributed by atoms with Crippen LogP contribution in [0.1, 0.15) is 21.5 Å². The second kappa shape index (κ2) is 17.0. The second-order valence-electron chi connectivity index (χ2n) is 11.2. The third kappa shape index (κ3) is 10.7. The molecule has 5 rings (SSSR count). The van der Waals surface area contributed by atoms with Crippen LogP contribution in [0.5, 0.6) is 5.75 Å². The third-order valence-electron chi connectivity index (χ3n) is 7.31. The molecule has 1 aromatic heterocycles. The van der Waals surface area contributed by atoms with Gasteiger partial charge in [-0.2, -0.15) is 41.3 Å². The van der Waals surface area contributed by atoms with Crippen molar-refractivity contribution in [2.45, 2.75) is 15.5 Å². The lowest BCUT2D eigenvalue weighted by molar-refractivity contribution is 0.0697. The van der Waals surface area contributed by atoms with Crippen LogP contribution >= 0.6 is 0 Å². The quantitative estimate of drug-likeness (QED) is 0.0152. The molecule has 0 saturated heterocycles. The summed E-state index contributed by atoms with van der Waals surface area (Å²) in [5, 5.41) is 39.0. The Bertz CT molecular complexity index is 2760. The van der Waals surface area contributed by atoms with Crippen molar-refractivity contribution in [2.75, 3.05) is 23.2 Å². The number of phenols is 1. The second-order valence-corrected chi connectivity index (χ2v) is 16.3. The number of hydrogen-bond acceptors (Lipinski definition) is 17. The van der Waals surface area contributed by atoms with E-state index in [9.17, 15) is 49.2 Å². The summed E-state index contributed by atoms with van der Waals surface area (Å²) < 4.78 is 101. The van der Waals surface area contributed by atoms with E-state index in [-0.39, 0.29) is 44.7 Å². The van der Waals surface area contributed by atoms with Crippen LogP contribution in [0.2, 0.25) is 0 Å². The van der Waals surface area contributed by atoms with Gasteiger partial charge in [-0.05, 0) is 54.1 Å². The minimum absolute atomic E-state index is 0.00890. The molecule has 20 nitrogen and oxygen atoms in total. The van der Waals surface area contributed by atoms with Crippen LogP contribution in [-0.2, 0) is 40.0 Å². The largest absolute Gasteiger partial charge is 0.504 e. The molecule has 0 aliphatic carbocycles. The first-order chi connectivity index (χ1) is 26.9. The lowest BCUT2D eigenvalue weighted by atomic mass is 10.1. The molecule has 57 heavy (non-hydrogen) atoms. The van der Waals surface area contributed by atoms with Gasteiger partial charge in [-0.3, -0.25) is 14.2 Å².